The molecule has 1 heterocycles. The maximum atomic E-state index is 12.6. The van der Waals surface area contributed by atoms with E-state index in [0.717, 1.165) is 31.4 Å². The Balaban J connectivity index is 1.69. The van der Waals surface area contributed by atoms with E-state index in [4.69, 9.17) is 4.74 Å². The molecule has 2 N–H and O–H groups in total. The molecule has 1 fully saturated rings. The molecular weight excluding hydrogens is 364 g/mol. The summed E-state index contributed by atoms with van der Waals surface area (Å²) in [4.78, 5) is 12.4. The van der Waals surface area contributed by atoms with Gasteiger partial charge in [-0.15, -0.1) is 0 Å². The van der Waals surface area contributed by atoms with Crippen LogP contribution in [0.25, 0.3) is 0 Å². The number of carbonyl (C=O) groups is 1. The van der Waals surface area contributed by atoms with Gasteiger partial charge in [-0.2, -0.15) is 0 Å². The lowest BCUT2D eigenvalue weighted by Crippen LogP contribution is -2.31. The molecule has 1 unspecified atom stereocenters. The van der Waals surface area contributed by atoms with Crippen molar-refractivity contribution >= 4 is 21.6 Å². The molecule has 0 aliphatic carbocycles. The summed E-state index contributed by atoms with van der Waals surface area (Å²) in [5.41, 5.74) is 1.92. The Morgan fingerprint density at radius 3 is 2.63 bits per heavy atom. The highest BCUT2D eigenvalue weighted by Gasteiger charge is 2.19. The van der Waals surface area contributed by atoms with Gasteiger partial charge in [0.1, 0.15) is 0 Å². The molecule has 0 radical (unpaired) electrons. The van der Waals surface area contributed by atoms with E-state index in [1.165, 1.54) is 12.1 Å². The Kier molecular flexibility index (Phi) is 6.13. The fraction of sp³-hybridized carbons (Fsp3) is 0.350. The first-order valence-corrected chi connectivity index (χ1v) is 10.6. The van der Waals surface area contributed by atoms with E-state index in [2.05, 4.69) is 10.0 Å². The number of nitrogens with one attached hydrogen (secondary N) is 2. The Morgan fingerprint density at radius 1 is 1.19 bits per heavy atom. The van der Waals surface area contributed by atoms with Crippen molar-refractivity contribution in [1.82, 2.24) is 5.32 Å². The van der Waals surface area contributed by atoms with Crippen LogP contribution in [0.1, 0.15) is 35.7 Å². The van der Waals surface area contributed by atoms with E-state index in [9.17, 15) is 13.2 Å². The van der Waals surface area contributed by atoms with Gasteiger partial charge < -0.3 is 10.1 Å². The summed E-state index contributed by atoms with van der Waals surface area (Å²) in [6.45, 7) is 3.19. The second-order valence-electron chi connectivity index (χ2n) is 6.53. The number of anilines is 1. The molecule has 1 atom stereocenters. The quantitative estimate of drug-likeness (QED) is 0.764. The molecule has 0 spiro atoms. The van der Waals surface area contributed by atoms with Crippen molar-refractivity contribution < 1.29 is 17.9 Å². The van der Waals surface area contributed by atoms with Crippen molar-refractivity contribution in [2.45, 2.75) is 37.2 Å². The Labute approximate surface area is 160 Å². The second kappa shape index (κ2) is 8.54. The van der Waals surface area contributed by atoms with Crippen LogP contribution in [-0.2, 0) is 21.2 Å². The predicted octanol–water partition coefficient (Wildman–Crippen LogP) is 2.96. The number of amides is 1. The van der Waals surface area contributed by atoms with Gasteiger partial charge in [0.05, 0.1) is 11.0 Å². The maximum absolute atomic E-state index is 12.6. The van der Waals surface area contributed by atoms with Gasteiger partial charge in [0.15, 0.2) is 0 Å². The van der Waals surface area contributed by atoms with Crippen LogP contribution in [0, 0.1) is 0 Å². The molecule has 3 rings (SSSR count). The number of carbonyl (C=O) groups excluding carboxylic acids is 1. The predicted molar refractivity (Wildman–Crippen MR) is 104 cm³/mol. The molecule has 0 bridgehead atoms. The number of aryl methyl sites for hydroxylation is 1. The smallest absolute Gasteiger partial charge is 0.261 e. The zero-order chi connectivity index (χ0) is 19.3. The fourth-order valence-electron chi connectivity index (χ4n) is 2.94. The topological polar surface area (TPSA) is 84.5 Å². The molecule has 0 aromatic heterocycles. The zero-order valence-electron chi connectivity index (χ0n) is 15.3. The number of hydrogen-bond acceptors (Lipinski definition) is 4. The van der Waals surface area contributed by atoms with E-state index in [1.807, 2.05) is 19.1 Å². The fourth-order valence-corrected chi connectivity index (χ4v) is 4.05. The minimum atomic E-state index is -3.77. The van der Waals surface area contributed by atoms with E-state index in [-0.39, 0.29) is 16.9 Å². The first-order chi connectivity index (χ1) is 13.0. The molecule has 6 nitrogen and oxygen atoms in total. The van der Waals surface area contributed by atoms with Gasteiger partial charge >= 0.3 is 0 Å². The lowest BCUT2D eigenvalue weighted by molar-refractivity contribution is 0.0857. The molecular formula is C20H24N2O4S. The highest BCUT2D eigenvalue weighted by atomic mass is 32.2. The summed E-state index contributed by atoms with van der Waals surface area (Å²) >= 11 is 0. The number of hydrogen-bond donors (Lipinski definition) is 2. The minimum Gasteiger partial charge on any atom is -0.376 e. The van der Waals surface area contributed by atoms with Gasteiger partial charge in [-0.05, 0) is 55.2 Å². The molecule has 144 valence electrons. The van der Waals surface area contributed by atoms with Crippen molar-refractivity contribution in [3.63, 3.8) is 0 Å². The van der Waals surface area contributed by atoms with Gasteiger partial charge in [-0.3, -0.25) is 9.52 Å². The number of rotatable bonds is 7. The average Bonchev–Trinajstić information content (AvgIpc) is 3.20. The highest BCUT2D eigenvalue weighted by molar-refractivity contribution is 7.92. The molecule has 7 heteroatoms. The third kappa shape index (κ3) is 5.08. The number of sulfonamides is 1. The summed E-state index contributed by atoms with van der Waals surface area (Å²) in [6.07, 6.45) is 2.85. The van der Waals surface area contributed by atoms with Crippen LogP contribution in [-0.4, -0.2) is 33.6 Å². The standard InChI is InChI=1S/C20H24N2O4S/c1-2-15-8-10-17(11-9-15)22-27(24,25)19-7-3-5-16(13-19)20(23)21-14-18-6-4-12-26-18/h3,5,7-11,13,18,22H,2,4,6,12,14H2,1H3,(H,21,23). The van der Waals surface area contributed by atoms with E-state index in [0.29, 0.717) is 17.8 Å². The molecule has 1 aliphatic rings. The molecule has 1 amide bonds. The normalized spacial score (nSPS) is 16.9. The largest absolute Gasteiger partial charge is 0.376 e. The number of benzene rings is 2. The molecule has 1 saturated heterocycles. The van der Waals surface area contributed by atoms with Crippen LogP contribution in [0.5, 0.6) is 0 Å². The van der Waals surface area contributed by atoms with Crippen LogP contribution in [0.15, 0.2) is 53.4 Å². The first-order valence-electron chi connectivity index (χ1n) is 9.09. The summed E-state index contributed by atoms with van der Waals surface area (Å²) in [5.74, 6) is -0.310. The van der Waals surface area contributed by atoms with Crippen molar-refractivity contribution in [3.05, 3.63) is 59.7 Å². The summed E-state index contributed by atoms with van der Waals surface area (Å²) in [5, 5.41) is 2.80. The van der Waals surface area contributed by atoms with Gasteiger partial charge in [0.25, 0.3) is 15.9 Å². The Hall–Kier alpha value is -2.38. The first kappa shape index (κ1) is 19.4. The number of ether oxygens (including phenoxy) is 1. The molecule has 2 aromatic rings. The SMILES string of the molecule is CCc1ccc(NS(=O)(=O)c2cccc(C(=O)NCC3CCCO3)c2)cc1. The van der Waals surface area contributed by atoms with Crippen LogP contribution >= 0.6 is 0 Å². The molecule has 1 aliphatic heterocycles. The third-order valence-corrected chi connectivity index (χ3v) is 5.91. The lowest BCUT2D eigenvalue weighted by atomic mass is 10.2. The van der Waals surface area contributed by atoms with Gasteiger partial charge in [-0.25, -0.2) is 8.42 Å². The molecule has 2 aromatic carbocycles. The Morgan fingerprint density at radius 2 is 1.96 bits per heavy atom. The monoisotopic (exact) mass is 388 g/mol. The second-order valence-corrected chi connectivity index (χ2v) is 8.21. The van der Waals surface area contributed by atoms with Crippen LogP contribution in [0.2, 0.25) is 0 Å². The van der Waals surface area contributed by atoms with Gasteiger partial charge in [0.2, 0.25) is 0 Å². The van der Waals surface area contributed by atoms with Gasteiger partial charge in [-0.1, -0.05) is 25.1 Å². The minimum absolute atomic E-state index is 0.0358. The molecule has 0 saturated carbocycles. The highest BCUT2D eigenvalue weighted by Crippen LogP contribution is 2.18. The summed E-state index contributed by atoms with van der Waals surface area (Å²) in [6, 6.07) is 13.2. The van der Waals surface area contributed by atoms with Crippen LogP contribution in [0.3, 0.4) is 0 Å². The van der Waals surface area contributed by atoms with Crippen molar-refractivity contribution in [2.75, 3.05) is 17.9 Å². The lowest BCUT2D eigenvalue weighted by Gasteiger charge is -2.12. The Bertz CT molecular complexity index is 888. The van der Waals surface area contributed by atoms with E-state index in [1.54, 1.807) is 24.3 Å². The van der Waals surface area contributed by atoms with Crippen molar-refractivity contribution in [2.24, 2.45) is 0 Å². The van der Waals surface area contributed by atoms with Crippen molar-refractivity contribution in [3.8, 4) is 0 Å². The molecule has 27 heavy (non-hydrogen) atoms. The zero-order valence-corrected chi connectivity index (χ0v) is 16.1. The van der Waals surface area contributed by atoms with E-state index >= 15 is 0 Å². The summed E-state index contributed by atoms with van der Waals surface area (Å²) < 4.78 is 33.3. The van der Waals surface area contributed by atoms with Gasteiger partial charge in [0, 0.05) is 24.4 Å². The van der Waals surface area contributed by atoms with Crippen molar-refractivity contribution in [1.29, 1.82) is 0 Å². The summed E-state index contributed by atoms with van der Waals surface area (Å²) in [7, 11) is -3.77. The average molecular weight is 388 g/mol. The van der Waals surface area contributed by atoms with E-state index < -0.39 is 10.0 Å². The third-order valence-electron chi connectivity index (χ3n) is 4.54. The van der Waals surface area contributed by atoms with Crippen LogP contribution < -0.4 is 10.0 Å². The van der Waals surface area contributed by atoms with Crippen LogP contribution in [0.4, 0.5) is 5.69 Å². The maximum Gasteiger partial charge on any atom is 0.261 e.